The number of aliphatic hydroxyl groups is 1. The Kier molecular flexibility index (Phi) is 6.73. The minimum absolute atomic E-state index is 0.0604. The van der Waals surface area contributed by atoms with E-state index >= 15 is 0 Å². The number of aromatic nitrogens is 1. The summed E-state index contributed by atoms with van der Waals surface area (Å²) in [6, 6.07) is 23.5. The molecule has 1 aliphatic rings. The highest BCUT2D eigenvalue weighted by molar-refractivity contribution is 6.46. The number of ketones is 1. The van der Waals surface area contributed by atoms with E-state index < -0.39 is 17.7 Å². The van der Waals surface area contributed by atoms with Gasteiger partial charge in [0, 0.05) is 24.5 Å². The molecule has 0 bridgehead atoms. The van der Waals surface area contributed by atoms with Crippen LogP contribution in [-0.4, -0.2) is 33.3 Å². The molecule has 1 fully saturated rings. The molecule has 6 heteroatoms. The average molecular weight is 493 g/mol. The van der Waals surface area contributed by atoms with Crippen molar-refractivity contribution in [3.8, 4) is 5.75 Å². The summed E-state index contributed by atoms with van der Waals surface area (Å²) in [6.45, 7) is 4.84. The molecule has 37 heavy (non-hydrogen) atoms. The third-order valence-corrected chi connectivity index (χ3v) is 6.40. The smallest absolute Gasteiger partial charge is 0.295 e. The van der Waals surface area contributed by atoms with Crippen molar-refractivity contribution in [3.05, 3.63) is 114 Å². The number of ether oxygens (including phenoxy) is 1. The maximum atomic E-state index is 13.4. The summed E-state index contributed by atoms with van der Waals surface area (Å²) < 4.78 is 5.93. The van der Waals surface area contributed by atoms with Crippen LogP contribution in [0.25, 0.3) is 16.5 Å². The number of rotatable bonds is 7. The number of hydrogen-bond acceptors (Lipinski definition) is 5. The molecule has 2 heterocycles. The van der Waals surface area contributed by atoms with Crippen LogP contribution in [0.5, 0.6) is 5.75 Å². The fourth-order valence-corrected chi connectivity index (χ4v) is 4.61. The molecule has 1 aliphatic heterocycles. The van der Waals surface area contributed by atoms with E-state index in [1.54, 1.807) is 24.5 Å². The van der Waals surface area contributed by atoms with Crippen molar-refractivity contribution in [2.24, 2.45) is 5.92 Å². The Hall–Kier alpha value is -4.45. The fraction of sp³-hybridized carbons (Fsp3) is 0.194. The molecule has 6 nitrogen and oxygen atoms in total. The van der Waals surface area contributed by atoms with Gasteiger partial charge in [-0.15, -0.1) is 0 Å². The molecule has 4 aromatic rings. The van der Waals surface area contributed by atoms with Gasteiger partial charge < -0.3 is 14.7 Å². The molecular formula is C31H28N2O4. The van der Waals surface area contributed by atoms with Crippen molar-refractivity contribution in [2.45, 2.75) is 26.4 Å². The molecule has 0 radical (unpaired) electrons. The largest absolute Gasteiger partial charge is 0.507 e. The first kappa shape index (κ1) is 24.3. The third kappa shape index (κ3) is 4.96. The maximum Gasteiger partial charge on any atom is 0.295 e. The Morgan fingerprint density at radius 1 is 0.973 bits per heavy atom. The number of carbonyl (C=O) groups excluding carboxylic acids is 2. The molecule has 3 aromatic carbocycles. The summed E-state index contributed by atoms with van der Waals surface area (Å²) in [5, 5.41) is 13.4. The van der Waals surface area contributed by atoms with Gasteiger partial charge in [0.25, 0.3) is 11.7 Å². The lowest BCUT2D eigenvalue weighted by molar-refractivity contribution is -0.140. The maximum absolute atomic E-state index is 13.4. The predicted octanol–water partition coefficient (Wildman–Crippen LogP) is 5.89. The molecule has 0 saturated carbocycles. The highest BCUT2D eigenvalue weighted by atomic mass is 16.5. The lowest BCUT2D eigenvalue weighted by atomic mass is 9.94. The molecule has 1 atom stereocenters. The zero-order valence-corrected chi connectivity index (χ0v) is 20.8. The monoisotopic (exact) mass is 492 g/mol. The number of carbonyl (C=O) groups is 2. The molecule has 1 unspecified atom stereocenters. The molecule has 0 aliphatic carbocycles. The second kappa shape index (κ2) is 10.3. The summed E-state index contributed by atoms with van der Waals surface area (Å²) in [5.74, 6) is -0.592. The zero-order chi connectivity index (χ0) is 25.9. The van der Waals surface area contributed by atoms with Crippen molar-refractivity contribution in [1.82, 2.24) is 9.88 Å². The summed E-state index contributed by atoms with van der Waals surface area (Å²) in [7, 11) is 0. The van der Waals surface area contributed by atoms with Gasteiger partial charge in [0.15, 0.2) is 0 Å². The summed E-state index contributed by atoms with van der Waals surface area (Å²) in [5.41, 5.74) is 2.01. The topological polar surface area (TPSA) is 79.7 Å². The average Bonchev–Trinajstić information content (AvgIpc) is 3.17. The summed E-state index contributed by atoms with van der Waals surface area (Å²) in [4.78, 5) is 32.4. The van der Waals surface area contributed by atoms with Crippen molar-refractivity contribution in [3.63, 3.8) is 0 Å². The Labute approximate surface area is 215 Å². The van der Waals surface area contributed by atoms with Gasteiger partial charge in [-0.2, -0.15) is 0 Å². The van der Waals surface area contributed by atoms with Crippen LogP contribution in [0.4, 0.5) is 0 Å². The highest BCUT2D eigenvalue weighted by Gasteiger charge is 2.46. The van der Waals surface area contributed by atoms with Gasteiger partial charge in [0.1, 0.15) is 11.5 Å². The van der Waals surface area contributed by atoms with Crippen molar-refractivity contribution in [1.29, 1.82) is 0 Å². The van der Waals surface area contributed by atoms with Crippen LogP contribution in [0.1, 0.15) is 36.6 Å². The first-order chi connectivity index (χ1) is 17.9. The second-order valence-electron chi connectivity index (χ2n) is 9.63. The van der Waals surface area contributed by atoms with Crippen LogP contribution in [0.3, 0.4) is 0 Å². The number of fused-ring (bicyclic) bond motifs is 1. The minimum Gasteiger partial charge on any atom is -0.507 e. The van der Waals surface area contributed by atoms with E-state index in [0.717, 1.165) is 16.3 Å². The Bertz CT molecular complexity index is 1490. The van der Waals surface area contributed by atoms with Gasteiger partial charge in [-0.05, 0) is 52.1 Å². The van der Waals surface area contributed by atoms with E-state index in [9.17, 15) is 14.7 Å². The molecule has 5 rings (SSSR count). The number of Topliss-reactive ketones (excluding diaryl/α,β-unsaturated/α-hetero) is 1. The van der Waals surface area contributed by atoms with E-state index in [0.29, 0.717) is 29.4 Å². The van der Waals surface area contributed by atoms with Gasteiger partial charge in [0.05, 0.1) is 18.2 Å². The number of likely N-dealkylation sites (tertiary alicyclic amines) is 1. The van der Waals surface area contributed by atoms with Crippen LogP contribution >= 0.6 is 0 Å². The normalized spacial score (nSPS) is 17.1. The first-order valence-corrected chi connectivity index (χ1v) is 12.3. The molecule has 186 valence electrons. The standard InChI is InChI=1S/C31H28N2O4/c1-20(2)19-37-26-11-5-10-24(16-26)28-27(29(34)25-13-12-22-8-3-4-9-23(22)15-25)30(35)31(36)33(28)18-21-7-6-14-32-17-21/h3-17,20,28,34H,18-19H2,1-2H3/b29-27-. The third-order valence-electron chi connectivity index (χ3n) is 6.40. The highest BCUT2D eigenvalue weighted by Crippen LogP contribution is 2.41. The molecule has 1 saturated heterocycles. The minimum atomic E-state index is -0.783. The summed E-state index contributed by atoms with van der Waals surface area (Å²) in [6.07, 6.45) is 3.33. The fourth-order valence-electron chi connectivity index (χ4n) is 4.61. The van der Waals surface area contributed by atoms with E-state index in [4.69, 9.17) is 4.74 Å². The van der Waals surface area contributed by atoms with Crippen LogP contribution < -0.4 is 4.74 Å². The second-order valence-corrected chi connectivity index (χ2v) is 9.63. The van der Waals surface area contributed by atoms with Crippen LogP contribution in [0, 0.1) is 5.92 Å². The number of amides is 1. The number of benzene rings is 3. The number of pyridine rings is 1. The lowest BCUT2D eigenvalue weighted by Gasteiger charge is -2.26. The predicted molar refractivity (Wildman–Crippen MR) is 143 cm³/mol. The zero-order valence-electron chi connectivity index (χ0n) is 20.8. The first-order valence-electron chi connectivity index (χ1n) is 12.3. The Morgan fingerprint density at radius 3 is 2.54 bits per heavy atom. The molecular weight excluding hydrogens is 464 g/mol. The lowest BCUT2D eigenvalue weighted by Crippen LogP contribution is -2.29. The molecule has 0 spiro atoms. The van der Waals surface area contributed by atoms with Gasteiger partial charge in [-0.1, -0.05) is 68.4 Å². The molecule has 1 amide bonds. The van der Waals surface area contributed by atoms with E-state index in [-0.39, 0.29) is 17.9 Å². The van der Waals surface area contributed by atoms with Crippen LogP contribution in [-0.2, 0) is 16.1 Å². The van der Waals surface area contributed by atoms with E-state index in [1.807, 2.05) is 66.7 Å². The molecule has 1 N–H and O–H groups in total. The summed E-state index contributed by atoms with van der Waals surface area (Å²) >= 11 is 0. The number of hydrogen-bond donors (Lipinski definition) is 1. The van der Waals surface area contributed by atoms with Gasteiger partial charge in [-0.3, -0.25) is 14.6 Å². The Morgan fingerprint density at radius 2 is 1.78 bits per heavy atom. The van der Waals surface area contributed by atoms with Crippen molar-refractivity contribution >= 4 is 28.2 Å². The quantitative estimate of drug-likeness (QED) is 0.198. The SMILES string of the molecule is CC(C)COc1cccc(C2/C(=C(/O)c3ccc4ccccc4c3)C(=O)C(=O)N2Cc2cccnc2)c1. The van der Waals surface area contributed by atoms with E-state index in [1.165, 1.54) is 4.90 Å². The molecule has 1 aromatic heterocycles. The van der Waals surface area contributed by atoms with Gasteiger partial charge in [0.2, 0.25) is 0 Å². The van der Waals surface area contributed by atoms with E-state index in [2.05, 4.69) is 18.8 Å². The van der Waals surface area contributed by atoms with Gasteiger partial charge in [-0.25, -0.2) is 0 Å². The Balaban J connectivity index is 1.63. The number of nitrogens with zero attached hydrogens (tertiary/aromatic N) is 2. The van der Waals surface area contributed by atoms with Gasteiger partial charge >= 0.3 is 0 Å². The number of aliphatic hydroxyl groups excluding tert-OH is 1. The van der Waals surface area contributed by atoms with Crippen LogP contribution in [0.15, 0.2) is 96.8 Å². The van der Waals surface area contributed by atoms with Crippen molar-refractivity contribution in [2.75, 3.05) is 6.61 Å². The van der Waals surface area contributed by atoms with Crippen molar-refractivity contribution < 1.29 is 19.4 Å². The van der Waals surface area contributed by atoms with Crippen LogP contribution in [0.2, 0.25) is 0 Å².